The first-order chi connectivity index (χ1) is 10.2. The maximum absolute atomic E-state index is 11.4. The van der Waals surface area contributed by atoms with Crippen LogP contribution in [0.1, 0.15) is 24.3 Å². The number of thiophene rings is 1. The summed E-state index contributed by atoms with van der Waals surface area (Å²) in [5.41, 5.74) is 0.878. The van der Waals surface area contributed by atoms with Gasteiger partial charge in [0.15, 0.2) is 0 Å². The molecule has 0 spiro atoms. The number of H-pyrrole nitrogens is 2. The largest absolute Gasteiger partial charge is 0.377 e. The standard InChI is InChI=1S/C15H15N3O2S/c1-2-10(13-4-3-7-21-13)16-9-5-6-11-12(8-9)18-15(20)14(19)17-11/h3-8,10,16H,2H2,1H3,(H,17,19)(H,18,20). The molecule has 1 atom stereocenters. The lowest BCUT2D eigenvalue weighted by Crippen LogP contribution is -2.28. The van der Waals surface area contributed by atoms with Crippen molar-refractivity contribution in [2.24, 2.45) is 0 Å². The molecule has 0 saturated heterocycles. The van der Waals surface area contributed by atoms with Crippen LogP contribution in [0.25, 0.3) is 11.0 Å². The summed E-state index contributed by atoms with van der Waals surface area (Å²) in [5.74, 6) is 0. The minimum absolute atomic E-state index is 0.233. The van der Waals surface area contributed by atoms with Crippen molar-refractivity contribution >= 4 is 28.1 Å². The summed E-state index contributed by atoms with van der Waals surface area (Å²) in [5, 5.41) is 5.51. The van der Waals surface area contributed by atoms with Crippen LogP contribution in [0.4, 0.5) is 5.69 Å². The fourth-order valence-electron chi connectivity index (χ4n) is 2.27. The second kappa shape index (κ2) is 5.57. The van der Waals surface area contributed by atoms with Gasteiger partial charge >= 0.3 is 11.1 Å². The fraction of sp³-hybridized carbons (Fsp3) is 0.200. The van der Waals surface area contributed by atoms with Gasteiger partial charge in [0.2, 0.25) is 0 Å². The normalized spacial score (nSPS) is 12.4. The van der Waals surface area contributed by atoms with E-state index >= 15 is 0 Å². The predicted octanol–water partition coefficient (Wildman–Crippen LogP) is 2.84. The van der Waals surface area contributed by atoms with Crippen molar-refractivity contribution in [2.45, 2.75) is 19.4 Å². The molecule has 0 fully saturated rings. The van der Waals surface area contributed by atoms with Crippen molar-refractivity contribution in [2.75, 3.05) is 5.32 Å². The lowest BCUT2D eigenvalue weighted by molar-refractivity contribution is 0.764. The zero-order valence-electron chi connectivity index (χ0n) is 11.5. The van der Waals surface area contributed by atoms with E-state index in [0.717, 1.165) is 12.1 Å². The maximum Gasteiger partial charge on any atom is 0.314 e. The molecule has 2 aromatic heterocycles. The first-order valence-corrected chi connectivity index (χ1v) is 7.61. The van der Waals surface area contributed by atoms with Gasteiger partial charge in [0.05, 0.1) is 17.1 Å². The molecule has 0 radical (unpaired) electrons. The molecule has 0 bridgehead atoms. The quantitative estimate of drug-likeness (QED) is 0.648. The highest BCUT2D eigenvalue weighted by atomic mass is 32.1. The van der Waals surface area contributed by atoms with Crippen molar-refractivity contribution in [1.82, 2.24) is 9.97 Å². The topological polar surface area (TPSA) is 77.8 Å². The second-order valence-corrected chi connectivity index (χ2v) is 5.77. The molecule has 1 aromatic carbocycles. The summed E-state index contributed by atoms with van der Waals surface area (Å²) >= 11 is 1.72. The van der Waals surface area contributed by atoms with Crippen molar-refractivity contribution in [1.29, 1.82) is 0 Å². The molecular formula is C15H15N3O2S. The molecule has 1 unspecified atom stereocenters. The van der Waals surface area contributed by atoms with Gasteiger partial charge in [-0.1, -0.05) is 13.0 Å². The van der Waals surface area contributed by atoms with Crippen LogP contribution in [0, 0.1) is 0 Å². The van der Waals surface area contributed by atoms with Crippen molar-refractivity contribution < 1.29 is 0 Å². The minimum atomic E-state index is -0.634. The Morgan fingerprint density at radius 2 is 1.90 bits per heavy atom. The number of nitrogens with one attached hydrogen (secondary N) is 3. The van der Waals surface area contributed by atoms with Crippen LogP contribution in [0.2, 0.25) is 0 Å². The number of hydrogen-bond donors (Lipinski definition) is 3. The second-order valence-electron chi connectivity index (χ2n) is 4.79. The first kappa shape index (κ1) is 13.6. The Bertz CT molecular complexity index is 865. The summed E-state index contributed by atoms with van der Waals surface area (Å²) in [6.07, 6.45) is 0.959. The number of fused-ring (bicyclic) bond motifs is 1. The highest BCUT2D eigenvalue weighted by Crippen LogP contribution is 2.26. The average molecular weight is 301 g/mol. The molecule has 3 aromatic rings. The molecule has 0 aliphatic rings. The molecule has 2 heterocycles. The minimum Gasteiger partial charge on any atom is -0.377 e. The summed E-state index contributed by atoms with van der Waals surface area (Å²) < 4.78 is 0. The molecule has 0 aliphatic heterocycles. The lowest BCUT2D eigenvalue weighted by Gasteiger charge is -2.17. The van der Waals surface area contributed by atoms with E-state index in [1.165, 1.54) is 4.88 Å². The van der Waals surface area contributed by atoms with E-state index in [1.54, 1.807) is 17.4 Å². The van der Waals surface area contributed by atoms with Crippen molar-refractivity contribution in [3.8, 4) is 0 Å². The lowest BCUT2D eigenvalue weighted by atomic mass is 10.1. The molecule has 108 valence electrons. The number of anilines is 1. The number of hydrogen-bond acceptors (Lipinski definition) is 4. The van der Waals surface area contributed by atoms with E-state index in [9.17, 15) is 9.59 Å². The Morgan fingerprint density at radius 3 is 2.57 bits per heavy atom. The zero-order valence-corrected chi connectivity index (χ0v) is 12.3. The molecule has 0 saturated carbocycles. The number of benzene rings is 1. The van der Waals surface area contributed by atoms with Crippen molar-refractivity contribution in [3.05, 3.63) is 61.3 Å². The van der Waals surface area contributed by atoms with Gasteiger partial charge in [-0.15, -0.1) is 11.3 Å². The van der Waals surface area contributed by atoms with E-state index in [4.69, 9.17) is 0 Å². The van der Waals surface area contributed by atoms with Crippen LogP contribution in [0.15, 0.2) is 45.3 Å². The van der Waals surface area contributed by atoms with Crippen LogP contribution in [0.3, 0.4) is 0 Å². The Balaban J connectivity index is 1.95. The van der Waals surface area contributed by atoms with Gasteiger partial charge in [0.25, 0.3) is 0 Å². The van der Waals surface area contributed by atoms with E-state index in [0.29, 0.717) is 11.0 Å². The molecule has 3 N–H and O–H groups in total. The average Bonchev–Trinajstić information content (AvgIpc) is 3.00. The van der Waals surface area contributed by atoms with E-state index in [2.05, 4.69) is 33.7 Å². The van der Waals surface area contributed by atoms with Crippen LogP contribution < -0.4 is 16.4 Å². The highest BCUT2D eigenvalue weighted by molar-refractivity contribution is 7.10. The molecule has 0 aliphatic carbocycles. The smallest absolute Gasteiger partial charge is 0.314 e. The van der Waals surface area contributed by atoms with Gasteiger partial charge in [0.1, 0.15) is 0 Å². The SMILES string of the molecule is CCC(Nc1ccc2[nH]c(=O)c(=O)[nH]c2c1)c1cccs1. The van der Waals surface area contributed by atoms with Crippen LogP contribution in [0.5, 0.6) is 0 Å². The van der Waals surface area contributed by atoms with E-state index in [-0.39, 0.29) is 6.04 Å². The van der Waals surface area contributed by atoms with Gasteiger partial charge in [-0.05, 0) is 36.1 Å². The third kappa shape index (κ3) is 2.75. The van der Waals surface area contributed by atoms with Crippen LogP contribution in [-0.2, 0) is 0 Å². The van der Waals surface area contributed by atoms with Crippen LogP contribution in [-0.4, -0.2) is 9.97 Å². The Kier molecular flexibility index (Phi) is 3.62. The molecular weight excluding hydrogens is 286 g/mol. The Hall–Kier alpha value is -2.34. The van der Waals surface area contributed by atoms with Gasteiger partial charge in [0, 0.05) is 10.6 Å². The Labute approximate surface area is 124 Å². The summed E-state index contributed by atoms with van der Waals surface area (Å²) in [6, 6.07) is 9.89. The molecule has 6 heteroatoms. The van der Waals surface area contributed by atoms with Crippen LogP contribution >= 0.6 is 11.3 Å². The fourth-order valence-corrected chi connectivity index (χ4v) is 3.13. The summed E-state index contributed by atoms with van der Waals surface area (Å²) in [6.45, 7) is 2.12. The van der Waals surface area contributed by atoms with Crippen molar-refractivity contribution in [3.63, 3.8) is 0 Å². The number of aromatic nitrogens is 2. The third-order valence-corrected chi connectivity index (χ3v) is 4.34. The predicted molar refractivity (Wildman–Crippen MR) is 86.2 cm³/mol. The Morgan fingerprint density at radius 1 is 1.14 bits per heavy atom. The molecule has 3 rings (SSSR count). The molecule has 5 nitrogen and oxygen atoms in total. The highest BCUT2D eigenvalue weighted by Gasteiger charge is 2.10. The van der Waals surface area contributed by atoms with Gasteiger partial charge in [-0.25, -0.2) is 0 Å². The van der Waals surface area contributed by atoms with Gasteiger partial charge in [-0.2, -0.15) is 0 Å². The number of aromatic amines is 2. The summed E-state index contributed by atoms with van der Waals surface area (Å²) in [4.78, 5) is 29.1. The maximum atomic E-state index is 11.4. The van der Waals surface area contributed by atoms with E-state index < -0.39 is 11.1 Å². The van der Waals surface area contributed by atoms with Gasteiger partial charge in [-0.3, -0.25) is 9.59 Å². The van der Waals surface area contributed by atoms with Gasteiger partial charge < -0.3 is 15.3 Å². The zero-order chi connectivity index (χ0) is 14.8. The summed E-state index contributed by atoms with van der Waals surface area (Å²) in [7, 11) is 0. The third-order valence-electron chi connectivity index (χ3n) is 3.36. The molecule has 21 heavy (non-hydrogen) atoms. The number of rotatable bonds is 4. The monoisotopic (exact) mass is 301 g/mol. The first-order valence-electron chi connectivity index (χ1n) is 6.73. The molecule has 0 amide bonds. The van der Waals surface area contributed by atoms with E-state index in [1.807, 2.05) is 18.2 Å².